The highest BCUT2D eigenvalue weighted by Crippen LogP contribution is 2.14. The Balaban J connectivity index is 1.67. The Bertz CT molecular complexity index is 797. The van der Waals surface area contributed by atoms with Crippen molar-refractivity contribution in [2.45, 2.75) is 6.54 Å². The number of aromatic nitrogens is 3. The summed E-state index contributed by atoms with van der Waals surface area (Å²) in [7, 11) is 0. The molecule has 3 aromatic rings. The van der Waals surface area contributed by atoms with Crippen LogP contribution in [0.2, 0.25) is 5.02 Å². The predicted octanol–water partition coefficient (Wildman–Crippen LogP) is 3.59. The number of pyridine rings is 1. The minimum Gasteiger partial charge on any atom is -0.454 e. The molecule has 0 aliphatic rings. The topological polar surface area (TPSA) is 73.0 Å². The first-order valence-electron chi connectivity index (χ1n) is 6.30. The summed E-state index contributed by atoms with van der Waals surface area (Å²) in [6, 6.07) is 6.61. The van der Waals surface area contributed by atoms with Gasteiger partial charge < -0.3 is 9.73 Å². The third-order valence-electron chi connectivity index (χ3n) is 2.77. The van der Waals surface area contributed by atoms with E-state index in [0.29, 0.717) is 23.1 Å². The van der Waals surface area contributed by atoms with Crippen LogP contribution in [-0.2, 0) is 6.54 Å². The number of amides is 1. The summed E-state index contributed by atoms with van der Waals surface area (Å²) < 4.78 is 8.09. The number of hydrogen-bond acceptors (Lipinski definition) is 4. The second kappa shape index (κ2) is 6.33. The van der Waals surface area contributed by atoms with Gasteiger partial charge >= 0.3 is 0 Å². The van der Waals surface area contributed by atoms with Gasteiger partial charge in [0.1, 0.15) is 11.6 Å². The van der Waals surface area contributed by atoms with Gasteiger partial charge in [0.2, 0.25) is 0 Å². The fourth-order valence-corrected chi connectivity index (χ4v) is 2.24. The number of hydrogen-bond donors (Lipinski definition) is 1. The minimum atomic E-state index is -0.372. The molecule has 0 saturated heterocycles. The van der Waals surface area contributed by atoms with E-state index in [1.807, 2.05) is 6.20 Å². The molecule has 0 saturated carbocycles. The van der Waals surface area contributed by atoms with Gasteiger partial charge in [-0.25, -0.2) is 4.98 Å². The first kappa shape index (κ1) is 14.8. The quantitative estimate of drug-likeness (QED) is 0.749. The maximum atomic E-state index is 12.1. The molecule has 6 nitrogen and oxygen atoms in total. The molecule has 3 aromatic heterocycles. The Kier molecular flexibility index (Phi) is 4.26. The van der Waals surface area contributed by atoms with Crippen molar-refractivity contribution < 1.29 is 9.21 Å². The van der Waals surface area contributed by atoms with Crippen LogP contribution in [-0.4, -0.2) is 20.7 Å². The Morgan fingerprint density at radius 2 is 2.18 bits per heavy atom. The summed E-state index contributed by atoms with van der Waals surface area (Å²) in [6.45, 7) is 0.443. The van der Waals surface area contributed by atoms with Crippen molar-refractivity contribution in [3.63, 3.8) is 0 Å². The van der Waals surface area contributed by atoms with Crippen LogP contribution in [0.25, 0.3) is 0 Å². The van der Waals surface area contributed by atoms with Gasteiger partial charge in [0.25, 0.3) is 5.91 Å². The summed E-state index contributed by atoms with van der Waals surface area (Å²) in [5.41, 5.74) is 0. The molecular formula is C14H10BrClN4O2. The fourth-order valence-electron chi connectivity index (χ4n) is 1.80. The van der Waals surface area contributed by atoms with E-state index in [-0.39, 0.29) is 11.7 Å². The second-order valence-electron chi connectivity index (χ2n) is 4.44. The van der Waals surface area contributed by atoms with E-state index in [4.69, 9.17) is 16.0 Å². The van der Waals surface area contributed by atoms with Crippen LogP contribution in [0.5, 0.6) is 0 Å². The van der Waals surface area contributed by atoms with Crippen LogP contribution in [0.4, 0.5) is 5.82 Å². The van der Waals surface area contributed by atoms with Gasteiger partial charge in [-0.15, -0.1) is 0 Å². The number of anilines is 1. The van der Waals surface area contributed by atoms with Crippen molar-refractivity contribution in [3.8, 4) is 0 Å². The predicted molar refractivity (Wildman–Crippen MR) is 84.9 cm³/mol. The van der Waals surface area contributed by atoms with Crippen molar-refractivity contribution in [1.29, 1.82) is 0 Å². The Morgan fingerprint density at radius 3 is 2.86 bits per heavy atom. The SMILES string of the molecule is O=C(Nc1ccc(Cl)cn1)c1ccc(Cn2cc(Br)cn2)o1. The summed E-state index contributed by atoms with van der Waals surface area (Å²) in [4.78, 5) is 16.1. The number of carbonyl (C=O) groups excluding carboxylic acids is 1. The fraction of sp³-hybridized carbons (Fsp3) is 0.0714. The van der Waals surface area contributed by atoms with Crippen molar-refractivity contribution in [1.82, 2.24) is 14.8 Å². The molecule has 0 unspecified atom stereocenters. The monoisotopic (exact) mass is 380 g/mol. The van der Waals surface area contributed by atoms with E-state index >= 15 is 0 Å². The standard InChI is InChI=1S/C14H10BrClN4O2/c15-9-5-18-20(7-9)8-11-2-3-12(22-11)14(21)19-13-4-1-10(16)6-17-13/h1-7H,8H2,(H,17,19,21). The largest absolute Gasteiger partial charge is 0.454 e. The molecule has 8 heteroatoms. The average Bonchev–Trinajstić information content (AvgIpc) is 3.11. The molecule has 112 valence electrons. The van der Waals surface area contributed by atoms with E-state index in [0.717, 1.165) is 4.47 Å². The molecule has 0 aromatic carbocycles. The van der Waals surface area contributed by atoms with Gasteiger partial charge in [-0.2, -0.15) is 5.10 Å². The van der Waals surface area contributed by atoms with Crippen molar-refractivity contribution in [3.05, 3.63) is 63.9 Å². The van der Waals surface area contributed by atoms with Crippen LogP contribution >= 0.6 is 27.5 Å². The third kappa shape index (κ3) is 3.55. The van der Waals surface area contributed by atoms with Gasteiger partial charge in [0.05, 0.1) is 22.2 Å². The highest BCUT2D eigenvalue weighted by molar-refractivity contribution is 9.10. The Labute approximate surface area is 139 Å². The molecular weight excluding hydrogens is 372 g/mol. The maximum Gasteiger partial charge on any atom is 0.292 e. The van der Waals surface area contributed by atoms with E-state index in [9.17, 15) is 4.79 Å². The van der Waals surface area contributed by atoms with Gasteiger partial charge in [-0.3, -0.25) is 9.48 Å². The average molecular weight is 382 g/mol. The zero-order valence-electron chi connectivity index (χ0n) is 11.2. The molecule has 0 radical (unpaired) electrons. The summed E-state index contributed by atoms with van der Waals surface area (Å²) in [5, 5.41) is 7.27. The summed E-state index contributed by atoms with van der Waals surface area (Å²) in [5.74, 6) is 0.869. The third-order valence-corrected chi connectivity index (χ3v) is 3.41. The Hall–Kier alpha value is -2.12. The normalized spacial score (nSPS) is 10.6. The zero-order chi connectivity index (χ0) is 15.5. The van der Waals surface area contributed by atoms with E-state index in [1.54, 1.807) is 35.1 Å². The molecule has 3 heterocycles. The number of rotatable bonds is 4. The lowest BCUT2D eigenvalue weighted by atomic mass is 10.4. The van der Waals surface area contributed by atoms with Crippen molar-refractivity contribution in [2.75, 3.05) is 5.32 Å². The highest BCUT2D eigenvalue weighted by Gasteiger charge is 2.12. The molecule has 3 rings (SSSR count). The molecule has 0 aliphatic carbocycles. The molecule has 0 aliphatic heterocycles. The number of furan rings is 1. The van der Waals surface area contributed by atoms with Crippen LogP contribution < -0.4 is 5.32 Å². The molecule has 1 amide bonds. The van der Waals surface area contributed by atoms with Gasteiger partial charge in [-0.05, 0) is 40.2 Å². The number of halogens is 2. The van der Waals surface area contributed by atoms with Gasteiger partial charge in [0, 0.05) is 12.4 Å². The summed E-state index contributed by atoms with van der Waals surface area (Å²) in [6.07, 6.45) is 4.96. The van der Waals surface area contributed by atoms with Crippen LogP contribution in [0, 0.1) is 0 Å². The maximum absolute atomic E-state index is 12.1. The second-order valence-corrected chi connectivity index (χ2v) is 5.79. The van der Waals surface area contributed by atoms with Crippen LogP contribution in [0.15, 0.2) is 51.7 Å². The van der Waals surface area contributed by atoms with E-state index in [1.165, 1.54) is 6.20 Å². The molecule has 1 N–H and O–H groups in total. The number of carbonyl (C=O) groups is 1. The lowest BCUT2D eigenvalue weighted by molar-refractivity contribution is 0.0994. The smallest absolute Gasteiger partial charge is 0.292 e. The van der Waals surface area contributed by atoms with E-state index in [2.05, 4.69) is 31.3 Å². The lowest BCUT2D eigenvalue weighted by Crippen LogP contribution is -2.11. The minimum absolute atomic E-state index is 0.206. The number of nitrogens with one attached hydrogen (secondary N) is 1. The lowest BCUT2D eigenvalue weighted by Gasteiger charge is -2.02. The molecule has 0 bridgehead atoms. The molecule has 0 spiro atoms. The first-order chi connectivity index (χ1) is 10.6. The molecule has 22 heavy (non-hydrogen) atoms. The Morgan fingerprint density at radius 1 is 1.32 bits per heavy atom. The summed E-state index contributed by atoms with van der Waals surface area (Å²) >= 11 is 9.06. The number of nitrogens with zero attached hydrogens (tertiary/aromatic N) is 3. The van der Waals surface area contributed by atoms with Gasteiger partial charge in [-0.1, -0.05) is 11.6 Å². The van der Waals surface area contributed by atoms with Crippen molar-refractivity contribution in [2.24, 2.45) is 0 Å². The van der Waals surface area contributed by atoms with Crippen LogP contribution in [0.3, 0.4) is 0 Å². The highest BCUT2D eigenvalue weighted by atomic mass is 79.9. The molecule has 0 atom stereocenters. The van der Waals surface area contributed by atoms with Crippen LogP contribution in [0.1, 0.15) is 16.3 Å². The molecule has 0 fully saturated rings. The first-order valence-corrected chi connectivity index (χ1v) is 7.47. The van der Waals surface area contributed by atoms with Crippen molar-refractivity contribution >= 4 is 39.3 Å². The van der Waals surface area contributed by atoms with E-state index < -0.39 is 0 Å². The zero-order valence-corrected chi connectivity index (χ0v) is 13.5. The van der Waals surface area contributed by atoms with Gasteiger partial charge in [0.15, 0.2) is 5.76 Å².